The molecule has 1 aromatic heterocycles. The molecule has 1 saturated carbocycles. The van der Waals surface area contributed by atoms with Gasteiger partial charge >= 0.3 is 0 Å². The Labute approximate surface area is 157 Å². The summed E-state index contributed by atoms with van der Waals surface area (Å²) in [4.78, 5) is 16.8. The maximum absolute atomic E-state index is 12.3. The van der Waals surface area contributed by atoms with E-state index in [-0.39, 0.29) is 22.6 Å². The maximum Gasteiger partial charge on any atom is 0.238 e. The van der Waals surface area contributed by atoms with E-state index in [1.54, 1.807) is 6.07 Å². The lowest BCUT2D eigenvalue weighted by atomic mass is 9.86. The van der Waals surface area contributed by atoms with Crippen molar-refractivity contribution in [2.45, 2.75) is 48.7 Å². The van der Waals surface area contributed by atoms with Gasteiger partial charge in [-0.05, 0) is 37.0 Å². The Morgan fingerprint density at radius 1 is 1.38 bits per heavy atom. The van der Waals surface area contributed by atoms with Gasteiger partial charge in [-0.15, -0.1) is 0 Å². The molecular formula is C17H24N4O3S2. The van der Waals surface area contributed by atoms with Crippen molar-refractivity contribution in [3.63, 3.8) is 0 Å². The lowest BCUT2D eigenvalue weighted by molar-refractivity contribution is -0.119. The molecule has 0 saturated heterocycles. The van der Waals surface area contributed by atoms with E-state index in [0.717, 1.165) is 18.4 Å². The third-order valence-corrected chi connectivity index (χ3v) is 6.87. The Morgan fingerprint density at radius 2 is 2.12 bits per heavy atom. The number of aromatic nitrogens is 2. The molecule has 9 heteroatoms. The van der Waals surface area contributed by atoms with Crippen LogP contribution in [0.2, 0.25) is 0 Å². The number of primary sulfonamides is 1. The number of amides is 1. The number of fused-ring (bicyclic) bond motifs is 1. The summed E-state index contributed by atoms with van der Waals surface area (Å²) >= 11 is 1.34. The highest BCUT2D eigenvalue weighted by Gasteiger charge is 2.23. The molecule has 1 aliphatic rings. The fourth-order valence-corrected chi connectivity index (χ4v) is 4.70. The van der Waals surface area contributed by atoms with Gasteiger partial charge in [-0.25, -0.2) is 18.5 Å². The third kappa shape index (κ3) is 4.21. The van der Waals surface area contributed by atoms with Gasteiger partial charge in [0.25, 0.3) is 0 Å². The number of hydrogen-bond donors (Lipinski definition) is 2. The Morgan fingerprint density at radius 3 is 2.81 bits per heavy atom. The molecule has 3 N–H and O–H groups in total. The Bertz CT molecular complexity index is 923. The smallest absolute Gasteiger partial charge is 0.238 e. The van der Waals surface area contributed by atoms with Crippen molar-refractivity contribution in [1.29, 1.82) is 0 Å². The predicted molar refractivity (Wildman–Crippen MR) is 102 cm³/mol. The quantitative estimate of drug-likeness (QED) is 0.752. The molecule has 0 bridgehead atoms. The molecule has 1 amide bonds. The number of sulfonamides is 1. The zero-order valence-corrected chi connectivity index (χ0v) is 16.6. The summed E-state index contributed by atoms with van der Waals surface area (Å²) in [6, 6.07) is 4.86. The highest BCUT2D eigenvalue weighted by molar-refractivity contribution is 7.99. The highest BCUT2D eigenvalue weighted by Crippen LogP contribution is 2.26. The van der Waals surface area contributed by atoms with E-state index < -0.39 is 10.0 Å². The van der Waals surface area contributed by atoms with E-state index in [9.17, 15) is 13.2 Å². The molecule has 142 valence electrons. The predicted octanol–water partition coefficient (Wildman–Crippen LogP) is 2.01. The second kappa shape index (κ2) is 7.58. The Kier molecular flexibility index (Phi) is 5.59. The van der Waals surface area contributed by atoms with Crippen molar-refractivity contribution in [3.05, 3.63) is 18.2 Å². The van der Waals surface area contributed by atoms with Crippen molar-refractivity contribution >= 4 is 38.7 Å². The first kappa shape index (κ1) is 19.2. The zero-order valence-electron chi connectivity index (χ0n) is 14.9. The van der Waals surface area contributed by atoms with Crippen LogP contribution in [0.3, 0.4) is 0 Å². The molecule has 2 atom stereocenters. The average molecular weight is 397 g/mol. The van der Waals surface area contributed by atoms with Crippen LogP contribution in [0, 0.1) is 5.92 Å². The van der Waals surface area contributed by atoms with Crippen molar-refractivity contribution in [1.82, 2.24) is 14.9 Å². The minimum absolute atomic E-state index is 0.00558. The van der Waals surface area contributed by atoms with Crippen molar-refractivity contribution in [2.75, 3.05) is 5.75 Å². The second-order valence-corrected chi connectivity index (χ2v) is 9.38. The van der Waals surface area contributed by atoms with Crippen LogP contribution < -0.4 is 10.5 Å². The van der Waals surface area contributed by atoms with Crippen LogP contribution in [0.4, 0.5) is 0 Å². The van der Waals surface area contributed by atoms with Gasteiger partial charge in [-0.1, -0.05) is 31.5 Å². The van der Waals surface area contributed by atoms with Crippen molar-refractivity contribution in [3.8, 4) is 0 Å². The SMILES string of the molecule is C[C@@H]1CCCC[C@@H]1NC(=O)CSc1nc2cc(S(N)(=O)=O)ccc2n1C. The first-order valence-corrected chi connectivity index (χ1v) is 11.2. The van der Waals surface area contributed by atoms with Gasteiger partial charge in [0, 0.05) is 13.1 Å². The summed E-state index contributed by atoms with van der Waals surface area (Å²) in [5, 5.41) is 8.96. The van der Waals surface area contributed by atoms with Gasteiger partial charge < -0.3 is 9.88 Å². The summed E-state index contributed by atoms with van der Waals surface area (Å²) in [6.07, 6.45) is 4.61. The second-order valence-electron chi connectivity index (χ2n) is 6.87. The van der Waals surface area contributed by atoms with Gasteiger partial charge in [0.2, 0.25) is 15.9 Å². The minimum Gasteiger partial charge on any atom is -0.352 e. The molecule has 1 fully saturated rings. The molecule has 3 rings (SSSR count). The molecule has 7 nitrogen and oxygen atoms in total. The lowest BCUT2D eigenvalue weighted by Crippen LogP contribution is -2.41. The summed E-state index contributed by atoms with van der Waals surface area (Å²) in [5.74, 6) is 0.804. The van der Waals surface area contributed by atoms with E-state index in [2.05, 4.69) is 17.2 Å². The van der Waals surface area contributed by atoms with Gasteiger partial charge in [0.05, 0.1) is 21.7 Å². The number of aryl methyl sites for hydroxylation is 1. The Hall–Kier alpha value is -1.58. The first-order valence-electron chi connectivity index (χ1n) is 8.67. The third-order valence-electron chi connectivity index (χ3n) is 4.93. The number of thioether (sulfide) groups is 1. The van der Waals surface area contributed by atoms with Crippen LogP contribution >= 0.6 is 11.8 Å². The number of carbonyl (C=O) groups is 1. The summed E-state index contributed by atoms with van der Waals surface area (Å²) in [7, 11) is -1.92. The molecule has 2 aromatic rings. The number of nitrogens with zero attached hydrogens (tertiary/aromatic N) is 2. The normalized spacial score (nSPS) is 21.0. The summed E-state index contributed by atoms with van der Waals surface area (Å²) in [5.41, 5.74) is 1.34. The van der Waals surface area contributed by atoms with E-state index in [4.69, 9.17) is 5.14 Å². The molecule has 0 spiro atoms. The molecular weight excluding hydrogens is 372 g/mol. The lowest BCUT2D eigenvalue weighted by Gasteiger charge is -2.29. The number of imidazole rings is 1. The monoisotopic (exact) mass is 396 g/mol. The number of rotatable bonds is 5. The van der Waals surface area contributed by atoms with Crippen LogP contribution in [-0.4, -0.2) is 35.7 Å². The number of hydrogen-bond acceptors (Lipinski definition) is 5. The molecule has 0 aliphatic heterocycles. The average Bonchev–Trinajstić information content (AvgIpc) is 2.90. The summed E-state index contributed by atoms with van der Waals surface area (Å²) in [6.45, 7) is 2.19. The van der Waals surface area contributed by atoms with E-state index >= 15 is 0 Å². The van der Waals surface area contributed by atoms with Crippen molar-refractivity contribution in [2.24, 2.45) is 18.1 Å². The first-order chi connectivity index (χ1) is 12.3. The molecule has 1 aromatic carbocycles. The molecule has 1 heterocycles. The van der Waals surface area contributed by atoms with Gasteiger partial charge in [0.1, 0.15) is 0 Å². The van der Waals surface area contributed by atoms with Gasteiger partial charge in [0.15, 0.2) is 5.16 Å². The topological polar surface area (TPSA) is 107 Å². The molecule has 26 heavy (non-hydrogen) atoms. The number of benzene rings is 1. The van der Waals surface area contributed by atoms with E-state index in [1.807, 2.05) is 11.6 Å². The van der Waals surface area contributed by atoms with Crippen LogP contribution in [0.1, 0.15) is 32.6 Å². The zero-order chi connectivity index (χ0) is 18.9. The fraction of sp³-hybridized carbons (Fsp3) is 0.529. The highest BCUT2D eigenvalue weighted by atomic mass is 32.2. The number of nitrogens with two attached hydrogens (primary N) is 1. The van der Waals surface area contributed by atoms with Crippen LogP contribution in [0.25, 0.3) is 11.0 Å². The largest absolute Gasteiger partial charge is 0.352 e. The Balaban J connectivity index is 1.68. The number of carbonyl (C=O) groups excluding carboxylic acids is 1. The van der Waals surface area contributed by atoms with Gasteiger partial charge in [-0.3, -0.25) is 4.79 Å². The number of nitrogens with one attached hydrogen (secondary N) is 1. The molecule has 0 unspecified atom stereocenters. The summed E-state index contributed by atoms with van der Waals surface area (Å²) < 4.78 is 24.8. The van der Waals surface area contributed by atoms with Crippen LogP contribution in [0.15, 0.2) is 28.3 Å². The van der Waals surface area contributed by atoms with E-state index in [0.29, 0.717) is 16.6 Å². The minimum atomic E-state index is -3.77. The van der Waals surface area contributed by atoms with E-state index in [1.165, 1.54) is 36.7 Å². The van der Waals surface area contributed by atoms with Crippen LogP contribution in [0.5, 0.6) is 0 Å². The van der Waals surface area contributed by atoms with Crippen molar-refractivity contribution < 1.29 is 13.2 Å². The maximum atomic E-state index is 12.3. The standard InChI is InChI=1S/C17H24N4O3S2/c1-11-5-3-4-6-13(11)19-16(22)10-25-17-20-14-9-12(26(18,23)24)7-8-15(14)21(17)2/h7-9,11,13H,3-6,10H2,1-2H3,(H,19,22)(H2,18,23,24)/t11-,13+/m1/s1. The molecule has 0 radical (unpaired) electrons. The molecule has 1 aliphatic carbocycles. The van der Waals surface area contributed by atoms with Crippen LogP contribution in [-0.2, 0) is 21.9 Å². The van der Waals surface area contributed by atoms with Gasteiger partial charge in [-0.2, -0.15) is 0 Å². The fourth-order valence-electron chi connectivity index (χ4n) is 3.37.